The molecule has 2 unspecified atom stereocenters. The minimum Gasteiger partial charge on any atom is -0.394 e. The molecular formula is C10H22N4O2. The summed E-state index contributed by atoms with van der Waals surface area (Å²) in [6.07, 6.45) is -0.105. The highest BCUT2D eigenvalue weighted by atomic mass is 16.5. The third kappa shape index (κ3) is 3.62. The molecule has 0 spiro atoms. The lowest BCUT2D eigenvalue weighted by Crippen LogP contribution is -2.55. The van der Waals surface area contributed by atoms with E-state index in [0.717, 1.165) is 6.54 Å². The van der Waals surface area contributed by atoms with Crippen LogP contribution in [-0.4, -0.2) is 53.9 Å². The second kappa shape index (κ2) is 6.03. The van der Waals surface area contributed by atoms with Crippen LogP contribution in [0, 0.1) is 0 Å². The van der Waals surface area contributed by atoms with Crippen LogP contribution in [0.5, 0.6) is 0 Å². The number of guanidine groups is 1. The van der Waals surface area contributed by atoms with Crippen molar-refractivity contribution in [2.24, 2.45) is 10.8 Å². The van der Waals surface area contributed by atoms with E-state index in [-0.39, 0.29) is 24.9 Å². The molecule has 0 aromatic rings. The van der Waals surface area contributed by atoms with Crippen molar-refractivity contribution in [2.45, 2.75) is 39.0 Å². The summed E-state index contributed by atoms with van der Waals surface area (Å²) in [7, 11) is 0. The summed E-state index contributed by atoms with van der Waals surface area (Å²) in [5.41, 5.74) is 2.61. The summed E-state index contributed by atoms with van der Waals surface area (Å²) < 4.78 is 5.55. The predicted octanol–water partition coefficient (Wildman–Crippen LogP) is -0.704. The molecule has 2 atom stereocenters. The van der Waals surface area contributed by atoms with E-state index in [2.05, 4.69) is 10.4 Å². The molecule has 4 N–H and O–H groups in total. The van der Waals surface area contributed by atoms with Gasteiger partial charge in [0.1, 0.15) is 0 Å². The minimum atomic E-state index is -0.172. The Kier molecular flexibility index (Phi) is 4.98. The normalized spacial score (nSPS) is 27.4. The number of nitrogens with two attached hydrogens (primary N) is 1. The molecule has 0 radical (unpaired) electrons. The Bertz CT molecular complexity index is 245. The van der Waals surface area contributed by atoms with Crippen molar-refractivity contribution in [2.75, 3.05) is 19.7 Å². The monoisotopic (exact) mass is 230 g/mol. The maximum atomic E-state index is 9.12. The number of nitrogens with zero attached hydrogens (tertiary/aromatic N) is 2. The van der Waals surface area contributed by atoms with Gasteiger partial charge in [-0.3, -0.25) is 5.43 Å². The van der Waals surface area contributed by atoms with Crippen molar-refractivity contribution in [3.8, 4) is 0 Å². The van der Waals surface area contributed by atoms with E-state index >= 15 is 0 Å². The molecule has 1 heterocycles. The molecule has 0 bridgehead atoms. The Morgan fingerprint density at radius 3 is 2.81 bits per heavy atom. The van der Waals surface area contributed by atoms with Crippen LogP contribution >= 0.6 is 0 Å². The van der Waals surface area contributed by atoms with E-state index in [9.17, 15) is 0 Å². The van der Waals surface area contributed by atoms with Crippen LogP contribution in [0.4, 0.5) is 0 Å². The first-order valence-corrected chi connectivity index (χ1v) is 5.62. The summed E-state index contributed by atoms with van der Waals surface area (Å²) in [5, 5.41) is 9.12. The molecule has 1 aliphatic heterocycles. The SMILES string of the molecule is CC(C)N=C(NN)N1CC(C)OC(CO)C1. The Balaban J connectivity index is 2.69. The van der Waals surface area contributed by atoms with Crippen LogP contribution in [0.15, 0.2) is 4.99 Å². The van der Waals surface area contributed by atoms with Crippen molar-refractivity contribution < 1.29 is 9.84 Å². The van der Waals surface area contributed by atoms with Crippen molar-refractivity contribution in [1.29, 1.82) is 0 Å². The molecule has 1 saturated heterocycles. The van der Waals surface area contributed by atoms with Crippen molar-refractivity contribution >= 4 is 5.96 Å². The average Bonchev–Trinajstić information content (AvgIpc) is 2.24. The van der Waals surface area contributed by atoms with Gasteiger partial charge in [-0.25, -0.2) is 10.8 Å². The third-order valence-electron chi connectivity index (χ3n) is 2.34. The maximum absolute atomic E-state index is 9.12. The molecule has 0 amide bonds. The zero-order valence-electron chi connectivity index (χ0n) is 10.2. The Morgan fingerprint density at radius 2 is 2.31 bits per heavy atom. The van der Waals surface area contributed by atoms with Gasteiger partial charge < -0.3 is 14.7 Å². The molecule has 0 saturated carbocycles. The lowest BCUT2D eigenvalue weighted by Gasteiger charge is -2.37. The molecular weight excluding hydrogens is 208 g/mol. The molecule has 94 valence electrons. The molecule has 6 heteroatoms. The summed E-state index contributed by atoms with van der Waals surface area (Å²) in [5.74, 6) is 6.11. The highest BCUT2D eigenvalue weighted by Gasteiger charge is 2.26. The molecule has 0 aromatic heterocycles. The number of aliphatic imine (C=N–C) groups is 1. The van der Waals surface area contributed by atoms with Gasteiger partial charge >= 0.3 is 0 Å². The first kappa shape index (κ1) is 13.2. The van der Waals surface area contributed by atoms with Gasteiger partial charge in [-0.05, 0) is 20.8 Å². The number of hydrazine groups is 1. The lowest BCUT2D eigenvalue weighted by atomic mass is 10.2. The number of aliphatic hydroxyl groups excluding tert-OH is 1. The van der Waals surface area contributed by atoms with E-state index < -0.39 is 0 Å². The molecule has 16 heavy (non-hydrogen) atoms. The van der Waals surface area contributed by atoms with Gasteiger partial charge in [0.25, 0.3) is 0 Å². The van der Waals surface area contributed by atoms with Gasteiger partial charge in [0.2, 0.25) is 5.96 Å². The number of rotatable bonds is 2. The standard InChI is InChI=1S/C10H22N4O2/c1-7(2)12-10(13-11)14-4-8(3)16-9(5-14)6-15/h7-9,15H,4-6,11H2,1-3H3,(H,12,13). The van der Waals surface area contributed by atoms with Crippen LogP contribution in [-0.2, 0) is 4.74 Å². The van der Waals surface area contributed by atoms with Crippen LogP contribution < -0.4 is 11.3 Å². The van der Waals surface area contributed by atoms with Crippen LogP contribution in [0.1, 0.15) is 20.8 Å². The molecule has 6 nitrogen and oxygen atoms in total. The zero-order chi connectivity index (χ0) is 12.1. The number of nitrogens with one attached hydrogen (secondary N) is 1. The van der Waals surface area contributed by atoms with Gasteiger partial charge in [0.15, 0.2) is 0 Å². The van der Waals surface area contributed by atoms with Gasteiger partial charge in [0, 0.05) is 19.1 Å². The molecule has 1 rings (SSSR count). The molecule has 0 aliphatic carbocycles. The van der Waals surface area contributed by atoms with Crippen LogP contribution in [0.3, 0.4) is 0 Å². The van der Waals surface area contributed by atoms with E-state index in [0.29, 0.717) is 12.5 Å². The summed E-state index contributed by atoms with van der Waals surface area (Å²) in [6, 6.07) is 0.178. The number of hydrogen-bond donors (Lipinski definition) is 3. The highest BCUT2D eigenvalue weighted by Crippen LogP contribution is 2.11. The fraction of sp³-hybridized carbons (Fsp3) is 0.900. The first-order valence-electron chi connectivity index (χ1n) is 5.62. The number of ether oxygens (including phenoxy) is 1. The van der Waals surface area contributed by atoms with E-state index in [1.807, 2.05) is 25.7 Å². The number of hydrogen-bond acceptors (Lipinski definition) is 4. The topological polar surface area (TPSA) is 83.1 Å². The summed E-state index contributed by atoms with van der Waals surface area (Å²) in [6.45, 7) is 7.30. The Labute approximate surface area is 96.4 Å². The van der Waals surface area contributed by atoms with Crippen molar-refractivity contribution in [3.63, 3.8) is 0 Å². The maximum Gasteiger partial charge on any atom is 0.208 e. The summed E-state index contributed by atoms with van der Waals surface area (Å²) in [4.78, 5) is 6.40. The van der Waals surface area contributed by atoms with E-state index in [4.69, 9.17) is 15.7 Å². The number of morpholine rings is 1. The van der Waals surface area contributed by atoms with Gasteiger partial charge in [-0.2, -0.15) is 0 Å². The molecule has 0 aromatic carbocycles. The Hall–Kier alpha value is -0.850. The third-order valence-corrected chi connectivity index (χ3v) is 2.34. The fourth-order valence-electron chi connectivity index (χ4n) is 1.77. The number of aliphatic hydroxyl groups is 1. The highest BCUT2D eigenvalue weighted by molar-refractivity contribution is 5.79. The molecule has 1 aliphatic rings. The Morgan fingerprint density at radius 1 is 1.62 bits per heavy atom. The summed E-state index contributed by atoms with van der Waals surface area (Å²) >= 11 is 0. The van der Waals surface area contributed by atoms with E-state index in [1.165, 1.54) is 0 Å². The predicted molar refractivity (Wildman–Crippen MR) is 62.9 cm³/mol. The molecule has 1 fully saturated rings. The van der Waals surface area contributed by atoms with Gasteiger partial charge in [-0.15, -0.1) is 0 Å². The van der Waals surface area contributed by atoms with Crippen LogP contribution in [0.2, 0.25) is 0 Å². The lowest BCUT2D eigenvalue weighted by molar-refractivity contribution is -0.0792. The van der Waals surface area contributed by atoms with E-state index in [1.54, 1.807) is 0 Å². The van der Waals surface area contributed by atoms with Crippen molar-refractivity contribution in [3.05, 3.63) is 0 Å². The second-order valence-electron chi connectivity index (χ2n) is 4.35. The smallest absolute Gasteiger partial charge is 0.208 e. The zero-order valence-corrected chi connectivity index (χ0v) is 10.2. The fourth-order valence-corrected chi connectivity index (χ4v) is 1.77. The average molecular weight is 230 g/mol. The van der Waals surface area contributed by atoms with Crippen LogP contribution in [0.25, 0.3) is 0 Å². The minimum absolute atomic E-state index is 0.0143. The van der Waals surface area contributed by atoms with Gasteiger partial charge in [-0.1, -0.05) is 0 Å². The second-order valence-corrected chi connectivity index (χ2v) is 4.35. The largest absolute Gasteiger partial charge is 0.394 e. The first-order chi connectivity index (χ1) is 7.56. The van der Waals surface area contributed by atoms with Crippen molar-refractivity contribution in [1.82, 2.24) is 10.3 Å². The van der Waals surface area contributed by atoms with Gasteiger partial charge in [0.05, 0.1) is 18.8 Å². The quantitative estimate of drug-likeness (QED) is 0.253.